The monoisotopic (exact) mass is 332 g/mol. The Morgan fingerprint density at radius 2 is 1.95 bits per heavy atom. The summed E-state index contributed by atoms with van der Waals surface area (Å²) in [7, 11) is -2.11. The summed E-state index contributed by atoms with van der Waals surface area (Å²) in [4.78, 5) is 22.3. The van der Waals surface area contributed by atoms with Crippen LogP contribution in [0.15, 0.2) is 16.3 Å². The van der Waals surface area contributed by atoms with E-state index in [0.717, 1.165) is 11.3 Å². The predicted octanol–water partition coefficient (Wildman–Crippen LogP) is 0.593. The summed E-state index contributed by atoms with van der Waals surface area (Å²) < 4.78 is 26.2. The van der Waals surface area contributed by atoms with E-state index in [1.54, 1.807) is 7.05 Å². The second-order valence-corrected chi connectivity index (χ2v) is 7.96. The number of nitrogens with zero attached hydrogens (tertiary/aromatic N) is 1. The van der Waals surface area contributed by atoms with Crippen LogP contribution in [-0.2, 0) is 14.8 Å². The lowest BCUT2D eigenvalue weighted by atomic mass is 9.97. The van der Waals surface area contributed by atoms with Gasteiger partial charge >= 0.3 is 5.97 Å². The minimum Gasteiger partial charge on any atom is -0.477 e. The molecule has 1 amide bonds. The molecule has 1 aliphatic rings. The Bertz CT molecular complexity index is 644. The summed E-state index contributed by atoms with van der Waals surface area (Å²) in [6, 6.07) is 2.60. The number of aromatic carboxylic acids is 1. The van der Waals surface area contributed by atoms with Gasteiger partial charge in [0.05, 0.1) is 0 Å². The molecule has 9 heteroatoms. The number of sulfonamides is 1. The number of rotatable bonds is 4. The fourth-order valence-electron chi connectivity index (χ4n) is 2.26. The van der Waals surface area contributed by atoms with E-state index in [1.807, 2.05) is 0 Å². The molecular formula is C12H16N2O5S2. The van der Waals surface area contributed by atoms with Crippen LogP contribution in [-0.4, -0.2) is 49.8 Å². The summed E-state index contributed by atoms with van der Waals surface area (Å²) in [5.74, 6) is -1.38. The van der Waals surface area contributed by atoms with E-state index in [9.17, 15) is 18.0 Å². The number of thiophene rings is 1. The Labute approximate surface area is 126 Å². The van der Waals surface area contributed by atoms with E-state index in [1.165, 1.54) is 16.4 Å². The van der Waals surface area contributed by atoms with E-state index < -0.39 is 16.0 Å². The molecule has 0 spiro atoms. The fraction of sp³-hybridized carbons (Fsp3) is 0.500. The Kier molecular flexibility index (Phi) is 4.64. The van der Waals surface area contributed by atoms with Crippen LogP contribution in [0.3, 0.4) is 0 Å². The topological polar surface area (TPSA) is 104 Å². The second kappa shape index (κ2) is 6.12. The van der Waals surface area contributed by atoms with Gasteiger partial charge in [0.2, 0.25) is 5.91 Å². The van der Waals surface area contributed by atoms with Crippen molar-refractivity contribution in [2.45, 2.75) is 17.1 Å². The van der Waals surface area contributed by atoms with Gasteiger partial charge in [-0.15, -0.1) is 11.3 Å². The highest BCUT2D eigenvalue weighted by molar-refractivity contribution is 7.91. The highest BCUT2D eigenvalue weighted by atomic mass is 32.2. The van der Waals surface area contributed by atoms with Gasteiger partial charge in [0, 0.05) is 26.1 Å². The zero-order valence-corrected chi connectivity index (χ0v) is 13.0. The molecule has 0 saturated carbocycles. The summed E-state index contributed by atoms with van der Waals surface area (Å²) in [6.07, 6.45) is 0.937. The second-order valence-electron chi connectivity index (χ2n) is 4.72. The lowest BCUT2D eigenvalue weighted by Crippen LogP contribution is -2.42. The summed E-state index contributed by atoms with van der Waals surface area (Å²) in [5.41, 5.74) is 0. The Morgan fingerprint density at radius 3 is 2.43 bits per heavy atom. The molecule has 2 rings (SSSR count). The maximum absolute atomic E-state index is 12.4. The van der Waals surface area contributed by atoms with E-state index >= 15 is 0 Å². The lowest BCUT2D eigenvalue weighted by Gasteiger charge is -2.29. The summed E-state index contributed by atoms with van der Waals surface area (Å²) in [5, 5.41) is 11.4. The molecular weight excluding hydrogens is 316 g/mol. The van der Waals surface area contributed by atoms with Crippen molar-refractivity contribution in [3.05, 3.63) is 17.0 Å². The largest absolute Gasteiger partial charge is 0.477 e. The molecule has 21 heavy (non-hydrogen) atoms. The van der Waals surface area contributed by atoms with Gasteiger partial charge in [0.1, 0.15) is 9.09 Å². The van der Waals surface area contributed by atoms with Crippen LogP contribution in [0.2, 0.25) is 0 Å². The van der Waals surface area contributed by atoms with Crippen molar-refractivity contribution in [2.75, 3.05) is 20.1 Å². The third kappa shape index (κ3) is 3.25. The van der Waals surface area contributed by atoms with Crippen LogP contribution < -0.4 is 5.32 Å². The minimum absolute atomic E-state index is 0.00572. The first-order valence-corrected chi connectivity index (χ1v) is 8.67. The van der Waals surface area contributed by atoms with Gasteiger partial charge in [-0.25, -0.2) is 13.2 Å². The molecule has 1 aliphatic heterocycles. The number of carboxylic acids is 1. The van der Waals surface area contributed by atoms with Gasteiger partial charge in [-0.05, 0) is 25.0 Å². The van der Waals surface area contributed by atoms with E-state index in [-0.39, 0.29) is 34.0 Å². The van der Waals surface area contributed by atoms with Crippen molar-refractivity contribution in [2.24, 2.45) is 5.92 Å². The highest BCUT2D eigenvalue weighted by Gasteiger charge is 2.32. The van der Waals surface area contributed by atoms with Gasteiger partial charge < -0.3 is 10.4 Å². The average molecular weight is 332 g/mol. The van der Waals surface area contributed by atoms with Crippen LogP contribution in [0.5, 0.6) is 0 Å². The zero-order valence-electron chi connectivity index (χ0n) is 11.4. The van der Waals surface area contributed by atoms with Gasteiger partial charge in [0.15, 0.2) is 0 Å². The third-order valence-electron chi connectivity index (χ3n) is 3.46. The number of hydrogen-bond donors (Lipinski definition) is 2. The highest BCUT2D eigenvalue weighted by Crippen LogP contribution is 2.28. The molecule has 0 aromatic carbocycles. The summed E-state index contributed by atoms with van der Waals surface area (Å²) >= 11 is 0.745. The number of carboxylic acid groups (broad SMARTS) is 1. The zero-order chi connectivity index (χ0) is 15.6. The molecule has 0 aliphatic carbocycles. The van der Waals surface area contributed by atoms with E-state index in [2.05, 4.69) is 5.32 Å². The molecule has 0 bridgehead atoms. The molecule has 116 valence electrons. The van der Waals surface area contributed by atoms with Crippen LogP contribution in [0.4, 0.5) is 0 Å². The van der Waals surface area contributed by atoms with Crippen molar-refractivity contribution in [1.29, 1.82) is 0 Å². The first-order valence-electron chi connectivity index (χ1n) is 6.41. The quantitative estimate of drug-likeness (QED) is 0.840. The van der Waals surface area contributed by atoms with Crippen LogP contribution in [0.25, 0.3) is 0 Å². The number of amides is 1. The van der Waals surface area contributed by atoms with Gasteiger partial charge in [0.25, 0.3) is 10.0 Å². The van der Waals surface area contributed by atoms with E-state index in [0.29, 0.717) is 12.8 Å². The van der Waals surface area contributed by atoms with Gasteiger partial charge in [-0.3, -0.25) is 4.79 Å². The number of piperidine rings is 1. The van der Waals surface area contributed by atoms with Crippen LogP contribution in [0.1, 0.15) is 22.5 Å². The Morgan fingerprint density at radius 1 is 1.33 bits per heavy atom. The van der Waals surface area contributed by atoms with Crippen molar-refractivity contribution in [1.82, 2.24) is 9.62 Å². The molecule has 2 N–H and O–H groups in total. The number of carbonyl (C=O) groups excluding carboxylic acids is 1. The molecule has 1 aromatic heterocycles. The first kappa shape index (κ1) is 15.9. The molecule has 0 radical (unpaired) electrons. The molecule has 1 fully saturated rings. The smallest absolute Gasteiger partial charge is 0.345 e. The SMILES string of the molecule is CNC(=O)C1CCN(S(=O)(=O)c2ccc(C(=O)O)s2)CC1. The molecule has 1 saturated heterocycles. The summed E-state index contributed by atoms with van der Waals surface area (Å²) in [6.45, 7) is 0.529. The molecule has 2 heterocycles. The lowest BCUT2D eigenvalue weighted by molar-refractivity contribution is -0.125. The molecule has 0 unspecified atom stereocenters. The Balaban J connectivity index is 2.11. The number of carbonyl (C=O) groups is 2. The van der Waals surface area contributed by atoms with Crippen molar-refractivity contribution >= 4 is 33.2 Å². The third-order valence-corrected chi connectivity index (χ3v) is 6.90. The van der Waals surface area contributed by atoms with E-state index in [4.69, 9.17) is 5.11 Å². The van der Waals surface area contributed by atoms with Crippen molar-refractivity contribution in [3.8, 4) is 0 Å². The number of hydrogen-bond acceptors (Lipinski definition) is 5. The van der Waals surface area contributed by atoms with Gasteiger partial charge in [-0.2, -0.15) is 4.31 Å². The van der Waals surface area contributed by atoms with Crippen molar-refractivity contribution < 1.29 is 23.1 Å². The minimum atomic E-state index is -3.67. The molecule has 0 atom stereocenters. The maximum Gasteiger partial charge on any atom is 0.345 e. The fourth-order valence-corrected chi connectivity index (χ4v) is 5.03. The molecule has 7 nitrogen and oxygen atoms in total. The first-order chi connectivity index (χ1) is 9.86. The molecule has 1 aromatic rings. The number of nitrogens with one attached hydrogen (secondary N) is 1. The van der Waals surface area contributed by atoms with Crippen LogP contribution >= 0.6 is 11.3 Å². The maximum atomic E-state index is 12.4. The predicted molar refractivity (Wildman–Crippen MR) is 76.8 cm³/mol. The van der Waals surface area contributed by atoms with Gasteiger partial charge in [-0.1, -0.05) is 0 Å². The van der Waals surface area contributed by atoms with Crippen molar-refractivity contribution in [3.63, 3.8) is 0 Å². The average Bonchev–Trinajstić information content (AvgIpc) is 2.97. The normalized spacial score (nSPS) is 17.6. The standard InChI is InChI=1S/C12H16N2O5S2/c1-13-11(15)8-4-6-14(7-5-8)21(18,19)10-3-2-9(20-10)12(16)17/h2-3,8H,4-7H2,1H3,(H,13,15)(H,16,17). The van der Waals surface area contributed by atoms with Crippen LogP contribution in [0, 0.1) is 5.92 Å². The Hall–Kier alpha value is -1.45.